The number of amides is 1. The number of rotatable bonds is 5. The molecule has 0 heterocycles. The molecule has 2 aromatic rings. The molecule has 2 aromatic carbocycles. The molecule has 0 radical (unpaired) electrons. The summed E-state index contributed by atoms with van der Waals surface area (Å²) in [5.41, 5.74) is 2.10. The second kappa shape index (κ2) is 7.69. The first-order valence-corrected chi connectivity index (χ1v) is 9.17. The highest BCUT2D eigenvalue weighted by molar-refractivity contribution is 6.32. The summed E-state index contributed by atoms with van der Waals surface area (Å²) in [6.07, 6.45) is 0.394. The van der Waals surface area contributed by atoms with Crippen LogP contribution >= 0.6 is 11.6 Å². The number of Topliss-reactive ketones (excluding diaryl/α,β-unsaturated/α-hetero) is 1. The number of carbonyl (C=O) groups excluding carboxylic acids is 2. The lowest BCUT2D eigenvalue weighted by atomic mass is 10.0. The van der Waals surface area contributed by atoms with E-state index in [4.69, 9.17) is 16.3 Å². The van der Waals surface area contributed by atoms with Crippen LogP contribution in [0.1, 0.15) is 53.7 Å². The number of hydrogen-bond acceptors (Lipinski definition) is 3. The van der Waals surface area contributed by atoms with Crippen molar-refractivity contribution in [3.05, 3.63) is 63.9 Å². The summed E-state index contributed by atoms with van der Waals surface area (Å²) >= 11 is 6.23. The van der Waals surface area contributed by atoms with Gasteiger partial charge in [-0.1, -0.05) is 30.7 Å². The molecule has 0 N–H and O–H groups in total. The average molecular weight is 390 g/mol. The van der Waals surface area contributed by atoms with Crippen LogP contribution in [0.4, 0.5) is 4.39 Å². The van der Waals surface area contributed by atoms with Crippen LogP contribution < -0.4 is 4.74 Å². The van der Waals surface area contributed by atoms with Crippen LogP contribution in [-0.2, 0) is 4.79 Å². The molecule has 0 fully saturated rings. The summed E-state index contributed by atoms with van der Waals surface area (Å²) in [5.74, 6) is -0.149. The third kappa shape index (κ3) is 3.83. The predicted molar refractivity (Wildman–Crippen MR) is 102 cm³/mol. The molecule has 1 amide bonds. The van der Waals surface area contributed by atoms with Crippen LogP contribution in [0.2, 0.25) is 5.02 Å². The number of likely N-dealkylation sites (N-methyl/N-ethyl adjacent to an activating group) is 1. The number of halogens is 2. The predicted octanol–water partition coefficient (Wildman–Crippen LogP) is 4.77. The summed E-state index contributed by atoms with van der Waals surface area (Å²) in [7, 11) is 1.67. The number of ketones is 1. The summed E-state index contributed by atoms with van der Waals surface area (Å²) in [4.78, 5) is 26.3. The normalized spacial score (nSPS) is 16.8. The summed E-state index contributed by atoms with van der Waals surface area (Å²) < 4.78 is 18.8. The van der Waals surface area contributed by atoms with Gasteiger partial charge in [0.1, 0.15) is 11.6 Å². The van der Waals surface area contributed by atoms with E-state index in [1.165, 1.54) is 17.0 Å². The van der Waals surface area contributed by atoms with Gasteiger partial charge in [-0.2, -0.15) is 0 Å². The van der Waals surface area contributed by atoms with Crippen molar-refractivity contribution in [2.24, 2.45) is 0 Å². The molecule has 0 saturated carbocycles. The number of benzene rings is 2. The topological polar surface area (TPSA) is 46.6 Å². The Bertz CT molecular complexity index is 882. The van der Waals surface area contributed by atoms with Gasteiger partial charge >= 0.3 is 0 Å². The Kier molecular flexibility index (Phi) is 5.51. The number of nitrogens with zero attached hydrogens (tertiary/aromatic N) is 1. The molecule has 142 valence electrons. The zero-order valence-corrected chi connectivity index (χ0v) is 16.2. The summed E-state index contributed by atoms with van der Waals surface area (Å²) in [5, 5.41) is 0.545. The van der Waals surface area contributed by atoms with Crippen molar-refractivity contribution in [3.8, 4) is 5.75 Å². The molecule has 2 atom stereocenters. The van der Waals surface area contributed by atoms with E-state index in [9.17, 15) is 14.0 Å². The van der Waals surface area contributed by atoms with Gasteiger partial charge in [-0.05, 0) is 48.2 Å². The van der Waals surface area contributed by atoms with E-state index < -0.39 is 0 Å². The highest BCUT2D eigenvalue weighted by Gasteiger charge is 2.32. The second-order valence-corrected chi connectivity index (χ2v) is 7.29. The lowest BCUT2D eigenvalue weighted by molar-refractivity contribution is -0.134. The molecule has 0 aliphatic heterocycles. The zero-order chi connectivity index (χ0) is 19.7. The Hall–Kier alpha value is -2.40. The van der Waals surface area contributed by atoms with E-state index in [2.05, 4.69) is 0 Å². The first-order valence-electron chi connectivity index (χ1n) is 8.79. The maximum Gasteiger partial charge on any atom is 0.260 e. The number of carbonyl (C=O) groups is 2. The first kappa shape index (κ1) is 19.4. The maximum atomic E-state index is 13.1. The molecule has 0 saturated heterocycles. The Morgan fingerprint density at radius 1 is 1.30 bits per heavy atom. The maximum absolute atomic E-state index is 13.1. The summed E-state index contributed by atoms with van der Waals surface area (Å²) in [6.45, 7) is 3.61. The van der Waals surface area contributed by atoms with E-state index in [0.29, 0.717) is 22.8 Å². The third-order valence-electron chi connectivity index (χ3n) is 5.10. The van der Waals surface area contributed by atoms with Gasteiger partial charge in [0.25, 0.3) is 5.91 Å². The second-order valence-electron chi connectivity index (χ2n) is 6.88. The van der Waals surface area contributed by atoms with Crippen molar-refractivity contribution in [2.75, 3.05) is 13.7 Å². The minimum absolute atomic E-state index is 0.0181. The van der Waals surface area contributed by atoms with Crippen LogP contribution in [0, 0.1) is 5.82 Å². The zero-order valence-electron chi connectivity index (χ0n) is 15.5. The van der Waals surface area contributed by atoms with Crippen LogP contribution in [-0.4, -0.2) is 30.2 Å². The standard InChI is InChI=1S/C21H21ClFNO3/c1-12-10-17(25)21-18(9-8-16(22)20(12)21)27-11-19(26)24(3)13(2)14-4-6-15(23)7-5-14/h4-9,12-13H,10-11H2,1-3H3. The van der Waals surface area contributed by atoms with Gasteiger partial charge in [0, 0.05) is 18.5 Å². The molecule has 0 spiro atoms. The quantitative estimate of drug-likeness (QED) is 0.740. The van der Waals surface area contributed by atoms with Crippen LogP contribution in [0.3, 0.4) is 0 Å². The lowest BCUT2D eigenvalue weighted by Gasteiger charge is -2.25. The van der Waals surface area contributed by atoms with Gasteiger partial charge in [0.2, 0.25) is 0 Å². The minimum Gasteiger partial charge on any atom is -0.483 e. The molecular formula is C21H21ClFNO3. The first-order chi connectivity index (χ1) is 12.8. The molecule has 27 heavy (non-hydrogen) atoms. The van der Waals surface area contributed by atoms with E-state index >= 15 is 0 Å². The Morgan fingerprint density at radius 2 is 1.96 bits per heavy atom. The highest BCUT2D eigenvalue weighted by atomic mass is 35.5. The largest absolute Gasteiger partial charge is 0.483 e. The van der Waals surface area contributed by atoms with Crippen molar-refractivity contribution in [2.45, 2.75) is 32.2 Å². The molecule has 6 heteroatoms. The van der Waals surface area contributed by atoms with Crippen LogP contribution in [0.15, 0.2) is 36.4 Å². The van der Waals surface area contributed by atoms with E-state index in [0.717, 1.165) is 11.1 Å². The Labute approximate surface area is 162 Å². The SMILES string of the molecule is CC1CC(=O)c2c(OCC(=O)N(C)C(C)c3ccc(F)cc3)ccc(Cl)c21. The van der Waals surface area contributed by atoms with Crippen molar-refractivity contribution in [1.82, 2.24) is 4.90 Å². The van der Waals surface area contributed by atoms with Gasteiger partial charge in [-0.3, -0.25) is 9.59 Å². The fourth-order valence-electron chi connectivity index (χ4n) is 3.37. The van der Waals surface area contributed by atoms with Gasteiger partial charge in [0.05, 0.1) is 11.6 Å². The minimum atomic E-state index is -0.321. The van der Waals surface area contributed by atoms with Crippen LogP contribution in [0.5, 0.6) is 5.75 Å². The van der Waals surface area contributed by atoms with Crippen LogP contribution in [0.25, 0.3) is 0 Å². The molecule has 1 aliphatic rings. The smallest absolute Gasteiger partial charge is 0.260 e. The van der Waals surface area contributed by atoms with Gasteiger partial charge in [-0.15, -0.1) is 0 Å². The van der Waals surface area contributed by atoms with E-state index in [1.54, 1.807) is 31.3 Å². The van der Waals surface area contributed by atoms with Crippen molar-refractivity contribution in [3.63, 3.8) is 0 Å². The average Bonchev–Trinajstić information content (AvgIpc) is 2.95. The lowest BCUT2D eigenvalue weighted by Crippen LogP contribution is -2.33. The molecule has 4 nitrogen and oxygen atoms in total. The monoisotopic (exact) mass is 389 g/mol. The third-order valence-corrected chi connectivity index (χ3v) is 5.42. The molecule has 1 aliphatic carbocycles. The van der Waals surface area contributed by atoms with Gasteiger partial charge < -0.3 is 9.64 Å². The highest BCUT2D eigenvalue weighted by Crippen LogP contribution is 2.42. The Balaban J connectivity index is 1.71. The molecular weight excluding hydrogens is 369 g/mol. The van der Waals surface area contributed by atoms with E-state index in [-0.39, 0.29) is 36.1 Å². The van der Waals surface area contributed by atoms with Crippen molar-refractivity contribution in [1.29, 1.82) is 0 Å². The molecule has 3 rings (SSSR count). The molecule has 2 unspecified atom stereocenters. The van der Waals surface area contributed by atoms with Gasteiger partial charge in [-0.25, -0.2) is 4.39 Å². The van der Waals surface area contributed by atoms with Crippen molar-refractivity contribution >= 4 is 23.3 Å². The fraction of sp³-hybridized carbons (Fsp3) is 0.333. The van der Waals surface area contributed by atoms with Gasteiger partial charge in [0.15, 0.2) is 12.4 Å². The fourth-order valence-corrected chi connectivity index (χ4v) is 3.71. The van der Waals surface area contributed by atoms with Crippen molar-refractivity contribution < 1.29 is 18.7 Å². The Morgan fingerprint density at radius 3 is 2.63 bits per heavy atom. The summed E-state index contributed by atoms with van der Waals surface area (Å²) in [6, 6.07) is 9.12. The molecule has 0 aromatic heterocycles. The number of hydrogen-bond donors (Lipinski definition) is 0. The van der Waals surface area contributed by atoms with E-state index in [1.807, 2.05) is 13.8 Å². The number of ether oxygens (including phenoxy) is 1. The number of fused-ring (bicyclic) bond motifs is 1. The molecule has 0 bridgehead atoms.